The molecule has 0 fully saturated rings. The van der Waals surface area contributed by atoms with Crippen LogP contribution in [0.25, 0.3) is 22.6 Å². The van der Waals surface area contributed by atoms with E-state index in [-0.39, 0.29) is 17.0 Å². The molecule has 0 aliphatic rings. The molecule has 1 N–H and O–H groups in total. The van der Waals surface area contributed by atoms with Gasteiger partial charge in [-0.2, -0.15) is 0 Å². The molecule has 0 atom stereocenters. The van der Waals surface area contributed by atoms with Crippen LogP contribution in [-0.4, -0.2) is 31.6 Å². The minimum absolute atomic E-state index is 0.0171. The molecule has 0 aliphatic heterocycles. The largest absolute Gasteiger partial charge is 0.497 e. The zero-order valence-electron chi connectivity index (χ0n) is 16.3. The first kappa shape index (κ1) is 19.9. The minimum atomic E-state index is -3.77. The van der Waals surface area contributed by atoms with Crippen LogP contribution in [-0.2, 0) is 23.5 Å². The summed E-state index contributed by atoms with van der Waals surface area (Å²) in [5.74, 6) is 0.624. The fourth-order valence-electron chi connectivity index (χ4n) is 2.97. The van der Waals surface area contributed by atoms with Crippen molar-refractivity contribution >= 4 is 21.1 Å². The van der Waals surface area contributed by atoms with E-state index in [2.05, 4.69) is 9.71 Å². The highest BCUT2D eigenvalue weighted by Crippen LogP contribution is 2.22. The van der Waals surface area contributed by atoms with Crippen LogP contribution in [0.5, 0.6) is 5.75 Å². The molecule has 0 saturated carbocycles. The van der Waals surface area contributed by atoms with Gasteiger partial charge in [0.25, 0.3) is 0 Å². The number of benzene rings is 2. The Labute approximate surface area is 172 Å². The highest BCUT2D eigenvalue weighted by molar-refractivity contribution is 7.89. The van der Waals surface area contributed by atoms with Gasteiger partial charge in [-0.25, -0.2) is 22.9 Å². The second-order valence-electron chi connectivity index (χ2n) is 6.58. The number of hydrogen-bond donors (Lipinski definition) is 1. The van der Waals surface area contributed by atoms with Crippen molar-refractivity contribution in [1.82, 2.24) is 14.3 Å². The van der Waals surface area contributed by atoms with Crippen molar-refractivity contribution in [3.63, 3.8) is 0 Å². The fourth-order valence-corrected chi connectivity index (χ4v) is 4.01. The van der Waals surface area contributed by atoms with Crippen LogP contribution in [0.15, 0.2) is 67.3 Å². The first-order valence-electron chi connectivity index (χ1n) is 9.05. The lowest BCUT2D eigenvalue weighted by Gasteiger charge is -2.05. The van der Waals surface area contributed by atoms with Gasteiger partial charge in [-0.3, -0.25) is 4.57 Å². The molecule has 30 heavy (non-hydrogen) atoms. The molecular formula is C20H19N3O6S. The summed E-state index contributed by atoms with van der Waals surface area (Å²) in [7, 11) is -0.628. The predicted molar refractivity (Wildman–Crippen MR) is 109 cm³/mol. The number of aryl methyl sites for hydroxylation is 1. The van der Waals surface area contributed by atoms with Crippen LogP contribution < -0.4 is 15.2 Å². The average molecular weight is 429 g/mol. The topological polar surface area (TPSA) is 117 Å². The van der Waals surface area contributed by atoms with Crippen LogP contribution in [0.2, 0.25) is 0 Å². The Morgan fingerprint density at radius 2 is 1.93 bits per heavy atom. The maximum absolute atomic E-state index is 12.6. The zero-order valence-corrected chi connectivity index (χ0v) is 17.1. The van der Waals surface area contributed by atoms with Crippen molar-refractivity contribution in [2.45, 2.75) is 11.3 Å². The van der Waals surface area contributed by atoms with Crippen molar-refractivity contribution < 1.29 is 22.0 Å². The van der Waals surface area contributed by atoms with E-state index < -0.39 is 15.8 Å². The van der Waals surface area contributed by atoms with Gasteiger partial charge in [0.05, 0.1) is 23.2 Å². The van der Waals surface area contributed by atoms with E-state index in [1.54, 1.807) is 26.3 Å². The monoisotopic (exact) mass is 429 g/mol. The van der Waals surface area contributed by atoms with Gasteiger partial charge >= 0.3 is 5.76 Å². The summed E-state index contributed by atoms with van der Waals surface area (Å²) in [5.41, 5.74) is 2.15. The number of rotatable bonds is 7. The van der Waals surface area contributed by atoms with Crippen molar-refractivity contribution in [2.75, 3.05) is 13.7 Å². The van der Waals surface area contributed by atoms with E-state index in [0.29, 0.717) is 23.5 Å². The Hall–Kier alpha value is -3.37. The smallest absolute Gasteiger partial charge is 0.419 e. The molecule has 4 rings (SSSR count). The number of nitrogens with one attached hydrogen (secondary N) is 1. The summed E-state index contributed by atoms with van der Waals surface area (Å²) >= 11 is 0. The standard InChI is InChI=1S/C20H19N3O6S/c1-23-17-8-7-16(11-18(17)29-20(23)24)30(25,26)21-10-9-14-12-28-19(22-14)13-3-5-15(27-2)6-4-13/h3-8,11-12,21H,9-10H2,1-2H3. The molecule has 4 aromatic rings. The predicted octanol–water partition coefficient (Wildman–Crippen LogP) is 2.32. The maximum atomic E-state index is 12.6. The molecule has 0 saturated heterocycles. The van der Waals surface area contributed by atoms with Gasteiger partial charge in [0, 0.05) is 31.6 Å². The molecule has 0 radical (unpaired) electrons. The Balaban J connectivity index is 1.42. The van der Waals surface area contributed by atoms with E-state index in [9.17, 15) is 13.2 Å². The molecule has 9 nitrogen and oxygen atoms in total. The maximum Gasteiger partial charge on any atom is 0.419 e. The van der Waals surface area contributed by atoms with Crippen molar-refractivity contribution in [3.8, 4) is 17.2 Å². The van der Waals surface area contributed by atoms with E-state index >= 15 is 0 Å². The van der Waals surface area contributed by atoms with Gasteiger partial charge in [-0.15, -0.1) is 0 Å². The van der Waals surface area contributed by atoms with E-state index in [1.165, 1.54) is 29.0 Å². The molecule has 2 aromatic heterocycles. The molecular weight excluding hydrogens is 410 g/mol. The van der Waals surface area contributed by atoms with Crippen LogP contribution in [0.4, 0.5) is 0 Å². The number of methoxy groups -OCH3 is 1. The Kier molecular flexibility index (Phi) is 5.18. The molecule has 156 valence electrons. The van der Waals surface area contributed by atoms with E-state index in [1.807, 2.05) is 12.1 Å². The van der Waals surface area contributed by atoms with Gasteiger partial charge in [0.1, 0.15) is 12.0 Å². The molecule has 0 amide bonds. The highest BCUT2D eigenvalue weighted by Gasteiger charge is 2.17. The Morgan fingerprint density at radius 3 is 2.67 bits per heavy atom. The third-order valence-corrected chi connectivity index (χ3v) is 6.09. The first-order valence-corrected chi connectivity index (χ1v) is 10.5. The van der Waals surface area contributed by atoms with Crippen molar-refractivity contribution in [3.05, 3.63) is 65.0 Å². The van der Waals surface area contributed by atoms with Crippen LogP contribution in [0.3, 0.4) is 0 Å². The second kappa shape index (κ2) is 7.81. The summed E-state index contributed by atoms with van der Waals surface area (Å²) in [6, 6.07) is 11.6. The summed E-state index contributed by atoms with van der Waals surface area (Å²) in [5, 5.41) is 0. The molecule has 2 aromatic carbocycles. The molecule has 0 aliphatic carbocycles. The SMILES string of the molecule is COc1ccc(-c2nc(CCNS(=O)(=O)c3ccc4c(c3)oc(=O)n4C)co2)cc1. The number of nitrogens with zero attached hydrogens (tertiary/aromatic N) is 2. The summed E-state index contributed by atoms with van der Waals surface area (Å²) in [6.07, 6.45) is 1.85. The molecule has 0 unspecified atom stereocenters. The second-order valence-corrected chi connectivity index (χ2v) is 8.34. The Bertz CT molecular complexity index is 1350. The number of aromatic nitrogens is 2. The summed E-state index contributed by atoms with van der Waals surface area (Å²) in [4.78, 5) is 16.0. The van der Waals surface area contributed by atoms with E-state index in [4.69, 9.17) is 13.6 Å². The average Bonchev–Trinajstić information content (AvgIpc) is 3.32. The molecule has 0 bridgehead atoms. The fraction of sp³-hybridized carbons (Fsp3) is 0.200. The zero-order chi connectivity index (χ0) is 21.3. The summed E-state index contributed by atoms with van der Waals surface area (Å²) in [6.45, 7) is 0.133. The lowest BCUT2D eigenvalue weighted by molar-refractivity contribution is 0.415. The van der Waals surface area contributed by atoms with Gasteiger partial charge in [-0.05, 0) is 36.4 Å². The van der Waals surface area contributed by atoms with Crippen molar-refractivity contribution in [2.24, 2.45) is 7.05 Å². The summed E-state index contributed by atoms with van der Waals surface area (Å²) < 4.78 is 44.6. The minimum Gasteiger partial charge on any atom is -0.497 e. The molecule has 0 spiro atoms. The van der Waals surface area contributed by atoms with Crippen molar-refractivity contribution in [1.29, 1.82) is 0 Å². The normalized spacial score (nSPS) is 11.8. The highest BCUT2D eigenvalue weighted by atomic mass is 32.2. The molecule has 10 heteroatoms. The molecule has 2 heterocycles. The van der Waals surface area contributed by atoms with Crippen LogP contribution in [0.1, 0.15) is 5.69 Å². The quantitative estimate of drug-likeness (QED) is 0.479. The lowest BCUT2D eigenvalue weighted by atomic mass is 10.2. The number of ether oxygens (including phenoxy) is 1. The van der Waals surface area contributed by atoms with Crippen LogP contribution >= 0.6 is 0 Å². The third-order valence-electron chi connectivity index (χ3n) is 4.64. The number of fused-ring (bicyclic) bond motifs is 1. The lowest BCUT2D eigenvalue weighted by Crippen LogP contribution is -2.26. The van der Waals surface area contributed by atoms with Gasteiger partial charge in [-0.1, -0.05) is 0 Å². The third kappa shape index (κ3) is 3.87. The van der Waals surface area contributed by atoms with Gasteiger partial charge < -0.3 is 13.6 Å². The van der Waals surface area contributed by atoms with E-state index in [0.717, 1.165) is 11.3 Å². The van der Waals surface area contributed by atoms with Gasteiger partial charge in [0.2, 0.25) is 15.9 Å². The van der Waals surface area contributed by atoms with Gasteiger partial charge in [0.15, 0.2) is 5.58 Å². The number of sulfonamides is 1. The Morgan fingerprint density at radius 1 is 1.17 bits per heavy atom. The van der Waals surface area contributed by atoms with Crippen LogP contribution in [0, 0.1) is 0 Å². The number of oxazole rings is 2. The number of hydrogen-bond acceptors (Lipinski definition) is 7. The first-order chi connectivity index (χ1) is 14.4.